The van der Waals surface area contributed by atoms with E-state index < -0.39 is 0 Å². The molecule has 0 atom stereocenters. The molecule has 2 aromatic carbocycles. The second-order valence-corrected chi connectivity index (χ2v) is 8.54. The quantitative estimate of drug-likeness (QED) is 0.386. The number of thiazole rings is 1. The lowest BCUT2D eigenvalue weighted by Crippen LogP contribution is -2.30. The fourth-order valence-corrected chi connectivity index (χ4v) is 4.55. The predicted molar refractivity (Wildman–Crippen MR) is 118 cm³/mol. The normalized spacial score (nSPS) is 11.0. The molecule has 4 aromatic rings. The standard InChI is InChI=1S/C22H18BrN3OS/c1-14-10-15(2)20-19(11-14)25-22(28-20)26(13-18-8-3-4-9-24-18)21(27)16-6-5-7-17(23)12-16/h3-12H,13H2,1-2H3. The van der Waals surface area contributed by atoms with Gasteiger partial charge in [-0.1, -0.05) is 45.5 Å². The van der Waals surface area contributed by atoms with Crippen LogP contribution in [-0.4, -0.2) is 15.9 Å². The van der Waals surface area contributed by atoms with Gasteiger partial charge in [0, 0.05) is 16.2 Å². The highest BCUT2D eigenvalue weighted by Gasteiger charge is 2.23. The van der Waals surface area contributed by atoms with Crippen LogP contribution in [0.1, 0.15) is 27.2 Å². The zero-order valence-electron chi connectivity index (χ0n) is 15.5. The molecule has 0 saturated carbocycles. The molecule has 1 amide bonds. The first-order valence-corrected chi connectivity index (χ1v) is 10.5. The Morgan fingerprint density at radius 2 is 1.96 bits per heavy atom. The predicted octanol–water partition coefficient (Wildman–Crippen LogP) is 5.92. The molecule has 0 aliphatic carbocycles. The first-order chi connectivity index (χ1) is 13.5. The van der Waals surface area contributed by atoms with Crippen LogP contribution in [0.25, 0.3) is 10.2 Å². The highest BCUT2D eigenvalue weighted by atomic mass is 79.9. The molecule has 0 bridgehead atoms. The Kier molecular flexibility index (Phi) is 5.24. The summed E-state index contributed by atoms with van der Waals surface area (Å²) >= 11 is 4.99. The Labute approximate surface area is 176 Å². The summed E-state index contributed by atoms with van der Waals surface area (Å²) < 4.78 is 1.97. The zero-order valence-corrected chi connectivity index (χ0v) is 17.9. The number of carbonyl (C=O) groups excluding carboxylic acids is 1. The third kappa shape index (κ3) is 3.84. The molecule has 2 heterocycles. The molecule has 0 N–H and O–H groups in total. The number of pyridine rings is 1. The number of benzene rings is 2. The molecule has 28 heavy (non-hydrogen) atoms. The summed E-state index contributed by atoms with van der Waals surface area (Å²) in [6, 6.07) is 17.3. The van der Waals surface area contributed by atoms with Crippen LogP contribution < -0.4 is 4.90 Å². The minimum Gasteiger partial charge on any atom is -0.278 e. The minimum absolute atomic E-state index is 0.0969. The second kappa shape index (κ2) is 7.81. The van der Waals surface area contributed by atoms with Crippen molar-refractivity contribution >= 4 is 48.5 Å². The molecule has 2 aromatic heterocycles. The number of amides is 1. The fraction of sp³-hybridized carbons (Fsp3) is 0.136. The topological polar surface area (TPSA) is 46.1 Å². The van der Waals surface area contributed by atoms with Crippen LogP contribution in [0, 0.1) is 13.8 Å². The van der Waals surface area contributed by atoms with Gasteiger partial charge in [0.25, 0.3) is 5.91 Å². The van der Waals surface area contributed by atoms with Gasteiger partial charge >= 0.3 is 0 Å². The van der Waals surface area contributed by atoms with Crippen molar-refractivity contribution in [3.8, 4) is 0 Å². The Bertz CT molecular complexity index is 1160. The van der Waals surface area contributed by atoms with Gasteiger partial charge in [-0.2, -0.15) is 0 Å². The first-order valence-electron chi connectivity index (χ1n) is 8.86. The van der Waals surface area contributed by atoms with E-state index in [0.717, 1.165) is 25.9 Å². The van der Waals surface area contributed by atoms with E-state index in [1.54, 1.807) is 22.4 Å². The first kappa shape index (κ1) is 18.8. The summed E-state index contributed by atoms with van der Waals surface area (Å²) in [7, 11) is 0. The van der Waals surface area contributed by atoms with E-state index in [9.17, 15) is 4.79 Å². The summed E-state index contributed by atoms with van der Waals surface area (Å²) in [5.41, 5.74) is 4.68. The fourth-order valence-electron chi connectivity index (χ4n) is 3.14. The van der Waals surface area contributed by atoms with Crippen molar-refractivity contribution in [2.75, 3.05) is 4.90 Å². The van der Waals surface area contributed by atoms with Crippen LogP contribution in [0.15, 0.2) is 65.3 Å². The lowest BCUT2D eigenvalue weighted by atomic mass is 10.1. The zero-order chi connectivity index (χ0) is 19.7. The number of anilines is 1. The van der Waals surface area contributed by atoms with E-state index in [4.69, 9.17) is 4.98 Å². The Morgan fingerprint density at radius 1 is 1.11 bits per heavy atom. The third-order valence-electron chi connectivity index (χ3n) is 4.40. The Hall–Kier alpha value is -2.57. The van der Waals surface area contributed by atoms with Gasteiger partial charge in [-0.05, 0) is 61.4 Å². The number of aromatic nitrogens is 2. The van der Waals surface area contributed by atoms with Crippen molar-refractivity contribution < 1.29 is 4.79 Å². The van der Waals surface area contributed by atoms with Crippen molar-refractivity contribution in [3.05, 3.63) is 87.7 Å². The molecule has 0 aliphatic rings. The van der Waals surface area contributed by atoms with Crippen LogP contribution in [-0.2, 0) is 6.54 Å². The van der Waals surface area contributed by atoms with Crippen molar-refractivity contribution in [2.45, 2.75) is 20.4 Å². The van der Waals surface area contributed by atoms with E-state index in [0.29, 0.717) is 17.2 Å². The Balaban J connectivity index is 1.80. The van der Waals surface area contributed by atoms with Crippen molar-refractivity contribution in [1.29, 1.82) is 0 Å². The lowest BCUT2D eigenvalue weighted by Gasteiger charge is -2.19. The van der Waals surface area contributed by atoms with Gasteiger partial charge in [-0.25, -0.2) is 4.98 Å². The monoisotopic (exact) mass is 451 g/mol. The van der Waals surface area contributed by atoms with E-state index in [2.05, 4.69) is 46.9 Å². The molecule has 140 valence electrons. The van der Waals surface area contributed by atoms with Gasteiger partial charge in [0.1, 0.15) is 0 Å². The van der Waals surface area contributed by atoms with Gasteiger partial charge in [0.05, 0.1) is 22.5 Å². The summed E-state index contributed by atoms with van der Waals surface area (Å²) in [5.74, 6) is -0.0969. The largest absolute Gasteiger partial charge is 0.278 e. The van der Waals surface area contributed by atoms with E-state index >= 15 is 0 Å². The number of carbonyl (C=O) groups is 1. The summed E-state index contributed by atoms with van der Waals surface area (Å²) in [4.78, 5) is 24.3. The molecule has 4 nitrogen and oxygen atoms in total. The molecule has 6 heteroatoms. The maximum atomic E-state index is 13.4. The second-order valence-electron chi connectivity index (χ2n) is 6.65. The van der Waals surface area contributed by atoms with E-state index in [-0.39, 0.29) is 5.91 Å². The molecule has 0 aliphatic heterocycles. The summed E-state index contributed by atoms with van der Waals surface area (Å²) in [5, 5.41) is 0.680. The maximum absolute atomic E-state index is 13.4. The minimum atomic E-state index is -0.0969. The number of rotatable bonds is 4. The average Bonchev–Trinajstić information content (AvgIpc) is 3.10. The van der Waals surface area contributed by atoms with Gasteiger partial charge in [0.15, 0.2) is 5.13 Å². The van der Waals surface area contributed by atoms with Crippen LogP contribution in [0.5, 0.6) is 0 Å². The highest BCUT2D eigenvalue weighted by Crippen LogP contribution is 2.33. The maximum Gasteiger partial charge on any atom is 0.260 e. The molecule has 4 rings (SSSR count). The number of hydrogen-bond acceptors (Lipinski definition) is 4. The number of fused-ring (bicyclic) bond motifs is 1. The number of halogens is 1. The van der Waals surface area contributed by atoms with E-state index in [1.165, 1.54) is 5.56 Å². The SMILES string of the molecule is Cc1cc(C)c2sc(N(Cc3ccccn3)C(=O)c3cccc(Br)c3)nc2c1. The summed E-state index contributed by atoms with van der Waals surface area (Å²) in [6.45, 7) is 4.50. The van der Waals surface area contributed by atoms with Gasteiger partial charge < -0.3 is 0 Å². The van der Waals surface area contributed by atoms with Crippen molar-refractivity contribution in [3.63, 3.8) is 0 Å². The third-order valence-corrected chi connectivity index (χ3v) is 6.13. The van der Waals surface area contributed by atoms with Gasteiger partial charge in [-0.15, -0.1) is 0 Å². The number of nitrogens with zero attached hydrogens (tertiary/aromatic N) is 3. The van der Waals surface area contributed by atoms with Crippen LogP contribution >= 0.6 is 27.3 Å². The molecular weight excluding hydrogens is 434 g/mol. The lowest BCUT2D eigenvalue weighted by molar-refractivity contribution is 0.0984. The number of hydrogen-bond donors (Lipinski definition) is 0. The smallest absolute Gasteiger partial charge is 0.260 e. The van der Waals surface area contributed by atoms with Crippen molar-refractivity contribution in [1.82, 2.24) is 9.97 Å². The van der Waals surface area contributed by atoms with Crippen LogP contribution in [0.3, 0.4) is 0 Å². The van der Waals surface area contributed by atoms with Gasteiger partial charge in [-0.3, -0.25) is 14.7 Å². The molecule has 0 spiro atoms. The van der Waals surface area contributed by atoms with Crippen molar-refractivity contribution in [2.24, 2.45) is 0 Å². The molecule has 0 radical (unpaired) electrons. The highest BCUT2D eigenvalue weighted by molar-refractivity contribution is 9.10. The van der Waals surface area contributed by atoms with Crippen LogP contribution in [0.4, 0.5) is 5.13 Å². The Morgan fingerprint density at radius 3 is 2.71 bits per heavy atom. The number of aryl methyl sites for hydroxylation is 2. The molecule has 0 fully saturated rings. The average molecular weight is 452 g/mol. The van der Waals surface area contributed by atoms with Gasteiger partial charge in [0.2, 0.25) is 0 Å². The summed E-state index contributed by atoms with van der Waals surface area (Å²) in [6.07, 6.45) is 1.74. The molecular formula is C22H18BrN3OS. The molecule has 0 saturated heterocycles. The molecule has 0 unspecified atom stereocenters. The van der Waals surface area contributed by atoms with Crippen LogP contribution in [0.2, 0.25) is 0 Å². The van der Waals surface area contributed by atoms with E-state index in [1.807, 2.05) is 42.5 Å².